The normalized spacial score (nSPS) is 11.5. The zero-order valence-corrected chi connectivity index (χ0v) is 25.9. The van der Waals surface area contributed by atoms with Crippen molar-refractivity contribution in [2.24, 2.45) is 7.05 Å². The number of aromatic nitrogens is 4. The Labute approximate surface area is 272 Å². The van der Waals surface area contributed by atoms with Crippen molar-refractivity contribution < 1.29 is 0 Å². The summed E-state index contributed by atoms with van der Waals surface area (Å²) in [6.45, 7) is 0. The molecule has 3 aromatic heterocycles. The molecule has 0 saturated heterocycles. The zero-order valence-electron chi connectivity index (χ0n) is 25.9. The summed E-state index contributed by atoms with van der Waals surface area (Å²) in [5.41, 5.74) is 13.3. The molecular weight excluding hydrogens is 573 g/mol. The van der Waals surface area contributed by atoms with E-state index >= 15 is 0 Å². The van der Waals surface area contributed by atoms with Gasteiger partial charge in [-0.2, -0.15) is 0 Å². The van der Waals surface area contributed by atoms with Crippen molar-refractivity contribution in [1.29, 1.82) is 0 Å². The van der Waals surface area contributed by atoms with Crippen LogP contribution in [-0.4, -0.2) is 19.1 Å². The van der Waals surface area contributed by atoms with Gasteiger partial charge in [-0.15, -0.1) is 0 Å². The van der Waals surface area contributed by atoms with Gasteiger partial charge in [0.1, 0.15) is 5.82 Å². The van der Waals surface area contributed by atoms with E-state index in [1.807, 2.05) is 18.3 Å². The smallest absolute Gasteiger partial charge is 0.141 e. The standard InChI is InChI=1S/C43H30N4/c1-46-41-20-8-6-18-39(41)45-43(46)37-28-42-36(27-35(37)31-23-21-30(22-24-31)29-12-3-2-4-13-29)34-16-5-7-19-40(34)47(42)33-15-11-14-32(26-33)38-17-9-10-25-44-38/h2-28H,1H3. The highest BCUT2D eigenvalue weighted by Crippen LogP contribution is 2.41. The van der Waals surface area contributed by atoms with Crippen LogP contribution in [0, 0.1) is 0 Å². The molecule has 0 unspecified atom stereocenters. The fraction of sp³-hybridized carbons (Fsp3) is 0.0233. The molecule has 0 aliphatic heterocycles. The molecule has 9 rings (SSSR count). The van der Waals surface area contributed by atoms with Crippen LogP contribution in [0.4, 0.5) is 0 Å². The molecule has 222 valence electrons. The third-order valence-electron chi connectivity index (χ3n) is 9.21. The molecule has 0 fully saturated rings. The SMILES string of the molecule is Cn1c(-c2cc3c(cc2-c2ccc(-c4ccccc4)cc2)c2ccccc2n3-c2cccc(-c3ccccn3)c2)nc2ccccc21. The van der Waals surface area contributed by atoms with Crippen LogP contribution in [0.5, 0.6) is 0 Å². The second-order valence-electron chi connectivity index (χ2n) is 12.0. The summed E-state index contributed by atoms with van der Waals surface area (Å²) in [6.07, 6.45) is 1.85. The predicted molar refractivity (Wildman–Crippen MR) is 195 cm³/mol. The topological polar surface area (TPSA) is 35.6 Å². The van der Waals surface area contributed by atoms with Crippen LogP contribution in [-0.2, 0) is 7.05 Å². The highest BCUT2D eigenvalue weighted by atomic mass is 15.1. The Hall–Kier alpha value is -6.26. The van der Waals surface area contributed by atoms with E-state index in [4.69, 9.17) is 4.98 Å². The Balaban J connectivity index is 1.32. The first-order valence-electron chi connectivity index (χ1n) is 15.9. The van der Waals surface area contributed by atoms with Gasteiger partial charge in [0.2, 0.25) is 0 Å². The molecule has 0 spiro atoms. The number of para-hydroxylation sites is 3. The lowest BCUT2D eigenvalue weighted by molar-refractivity contribution is 0.960. The molecular formula is C43H30N4. The van der Waals surface area contributed by atoms with Crippen LogP contribution < -0.4 is 0 Å². The first-order chi connectivity index (χ1) is 23.2. The monoisotopic (exact) mass is 602 g/mol. The second-order valence-corrected chi connectivity index (χ2v) is 12.0. The van der Waals surface area contributed by atoms with Gasteiger partial charge in [0.25, 0.3) is 0 Å². The van der Waals surface area contributed by atoms with E-state index in [1.165, 1.54) is 21.9 Å². The van der Waals surface area contributed by atoms with Crippen LogP contribution >= 0.6 is 0 Å². The molecule has 6 aromatic carbocycles. The zero-order chi connectivity index (χ0) is 31.3. The van der Waals surface area contributed by atoms with Crippen LogP contribution in [0.25, 0.3) is 83.4 Å². The summed E-state index contributed by atoms with van der Waals surface area (Å²) in [5.74, 6) is 0.939. The maximum Gasteiger partial charge on any atom is 0.141 e. The third kappa shape index (κ3) is 4.53. The van der Waals surface area contributed by atoms with Crippen molar-refractivity contribution in [2.45, 2.75) is 0 Å². The minimum atomic E-state index is 0.939. The number of hydrogen-bond donors (Lipinski definition) is 0. The van der Waals surface area contributed by atoms with Gasteiger partial charge in [-0.3, -0.25) is 4.98 Å². The summed E-state index contributed by atoms with van der Waals surface area (Å²) in [7, 11) is 2.11. The summed E-state index contributed by atoms with van der Waals surface area (Å²) in [6, 6.07) is 55.9. The highest BCUT2D eigenvalue weighted by molar-refractivity contribution is 6.12. The molecule has 0 aliphatic carbocycles. The van der Waals surface area contributed by atoms with Gasteiger partial charge in [-0.05, 0) is 76.9 Å². The van der Waals surface area contributed by atoms with Gasteiger partial charge in [-0.25, -0.2) is 4.98 Å². The summed E-state index contributed by atoms with van der Waals surface area (Å²) in [5, 5.41) is 2.41. The number of hydrogen-bond acceptors (Lipinski definition) is 2. The maximum atomic E-state index is 5.20. The molecule has 4 heteroatoms. The molecule has 4 nitrogen and oxygen atoms in total. The largest absolute Gasteiger partial charge is 0.327 e. The van der Waals surface area contributed by atoms with E-state index in [-0.39, 0.29) is 0 Å². The molecule has 9 aromatic rings. The molecule has 0 amide bonds. The van der Waals surface area contributed by atoms with Crippen molar-refractivity contribution >= 4 is 32.8 Å². The van der Waals surface area contributed by atoms with E-state index in [0.717, 1.165) is 61.5 Å². The molecule has 3 heterocycles. The van der Waals surface area contributed by atoms with E-state index in [0.29, 0.717) is 0 Å². The van der Waals surface area contributed by atoms with Crippen LogP contribution in [0.15, 0.2) is 164 Å². The number of imidazole rings is 1. The van der Waals surface area contributed by atoms with E-state index < -0.39 is 0 Å². The van der Waals surface area contributed by atoms with Crippen molar-refractivity contribution in [1.82, 2.24) is 19.1 Å². The summed E-state index contributed by atoms with van der Waals surface area (Å²) < 4.78 is 4.60. The van der Waals surface area contributed by atoms with Gasteiger partial charge in [0, 0.05) is 40.8 Å². The third-order valence-corrected chi connectivity index (χ3v) is 9.21. The minimum absolute atomic E-state index is 0.939. The van der Waals surface area contributed by atoms with E-state index in [9.17, 15) is 0 Å². The quantitative estimate of drug-likeness (QED) is 0.196. The maximum absolute atomic E-state index is 5.20. The van der Waals surface area contributed by atoms with Crippen molar-refractivity contribution in [3.8, 4) is 50.6 Å². The minimum Gasteiger partial charge on any atom is -0.327 e. The Bertz CT molecular complexity index is 2560. The van der Waals surface area contributed by atoms with Gasteiger partial charge in [-0.1, -0.05) is 103 Å². The molecule has 0 saturated carbocycles. The van der Waals surface area contributed by atoms with Crippen molar-refractivity contribution in [2.75, 3.05) is 0 Å². The Morgan fingerprint density at radius 3 is 1.98 bits per heavy atom. The van der Waals surface area contributed by atoms with Gasteiger partial charge in [0.05, 0.1) is 27.8 Å². The second kappa shape index (κ2) is 11.0. The predicted octanol–water partition coefficient (Wildman–Crippen LogP) is 10.7. The van der Waals surface area contributed by atoms with Crippen molar-refractivity contribution in [3.05, 3.63) is 164 Å². The fourth-order valence-electron chi connectivity index (χ4n) is 6.91. The lowest BCUT2D eigenvalue weighted by atomic mass is 9.94. The average molecular weight is 603 g/mol. The van der Waals surface area contributed by atoms with Crippen LogP contribution in [0.3, 0.4) is 0 Å². The van der Waals surface area contributed by atoms with Crippen LogP contribution in [0.1, 0.15) is 0 Å². The Kier molecular flexibility index (Phi) is 6.32. The first-order valence-corrected chi connectivity index (χ1v) is 15.9. The Morgan fingerprint density at radius 2 is 1.17 bits per heavy atom. The number of nitrogens with zero attached hydrogens (tertiary/aromatic N) is 4. The molecule has 0 N–H and O–H groups in total. The fourth-order valence-corrected chi connectivity index (χ4v) is 6.91. The van der Waals surface area contributed by atoms with Crippen molar-refractivity contribution in [3.63, 3.8) is 0 Å². The molecule has 0 atom stereocenters. The number of benzene rings is 6. The van der Waals surface area contributed by atoms with Crippen LogP contribution in [0.2, 0.25) is 0 Å². The first kappa shape index (κ1) is 27.1. The molecule has 0 aliphatic rings. The Morgan fingerprint density at radius 1 is 0.468 bits per heavy atom. The van der Waals surface area contributed by atoms with E-state index in [1.54, 1.807) is 0 Å². The molecule has 47 heavy (non-hydrogen) atoms. The van der Waals surface area contributed by atoms with E-state index in [2.05, 4.69) is 167 Å². The highest BCUT2D eigenvalue weighted by Gasteiger charge is 2.20. The number of rotatable bonds is 5. The summed E-state index contributed by atoms with van der Waals surface area (Å²) in [4.78, 5) is 9.83. The lowest BCUT2D eigenvalue weighted by Crippen LogP contribution is -1.98. The summed E-state index contributed by atoms with van der Waals surface area (Å²) >= 11 is 0. The van der Waals surface area contributed by atoms with Gasteiger partial charge < -0.3 is 9.13 Å². The number of pyridine rings is 1. The average Bonchev–Trinajstić information content (AvgIpc) is 3.66. The van der Waals surface area contributed by atoms with Gasteiger partial charge >= 0.3 is 0 Å². The lowest BCUT2D eigenvalue weighted by Gasteiger charge is -2.14. The molecule has 0 radical (unpaired) electrons. The number of fused-ring (bicyclic) bond motifs is 4. The number of aryl methyl sites for hydroxylation is 1. The van der Waals surface area contributed by atoms with Gasteiger partial charge in [0.15, 0.2) is 0 Å². The molecule has 0 bridgehead atoms.